The van der Waals surface area contributed by atoms with Gasteiger partial charge in [-0.1, -0.05) is 119 Å². The Morgan fingerprint density at radius 1 is 0.532 bits per heavy atom. The van der Waals surface area contributed by atoms with Crippen molar-refractivity contribution in [2.24, 2.45) is 9.98 Å². The van der Waals surface area contributed by atoms with E-state index in [0.29, 0.717) is 24.2 Å². The summed E-state index contributed by atoms with van der Waals surface area (Å²) in [7, 11) is 8.08. The maximum atomic E-state index is 12.7. The van der Waals surface area contributed by atoms with Crippen LogP contribution in [0.1, 0.15) is 116 Å². The Hall–Kier alpha value is -2.09. The van der Waals surface area contributed by atoms with Crippen molar-refractivity contribution in [1.82, 2.24) is 9.80 Å². The average Bonchev–Trinajstić information content (AvgIpc) is 2.83. The van der Waals surface area contributed by atoms with E-state index >= 15 is 0 Å². The summed E-state index contributed by atoms with van der Waals surface area (Å²) in [5, 5.41) is 25.4. The maximum Gasteiger partial charge on any atom is 0.0516 e. The average molecular weight is 735 g/mol. The number of hydrogen-bond acceptors (Lipinski definition) is 6. The SMILES string of the molecule is CN(C)CCN=Cc1cc(C(C)(C)C)cc(C(C)(C)C)c1[O-].CN(C)CCN=Cc1cc(C(C)(C)C)cc(C(C)(C)C)c1[O-].[Mo].[O-2].[O-2]. The molecule has 0 saturated heterocycles. The Balaban J connectivity index is -0.000000774. The van der Waals surface area contributed by atoms with Gasteiger partial charge in [0, 0.05) is 46.6 Å². The van der Waals surface area contributed by atoms with Crippen LogP contribution in [-0.2, 0) is 53.7 Å². The van der Waals surface area contributed by atoms with Gasteiger partial charge in [-0.3, -0.25) is 9.98 Å². The van der Waals surface area contributed by atoms with E-state index in [4.69, 9.17) is 0 Å². The van der Waals surface area contributed by atoms with Crippen LogP contribution in [0.25, 0.3) is 0 Å². The molecule has 2 aromatic rings. The van der Waals surface area contributed by atoms with Gasteiger partial charge in [0.2, 0.25) is 0 Å². The molecule has 0 atom stereocenters. The summed E-state index contributed by atoms with van der Waals surface area (Å²) in [4.78, 5) is 13.0. The molecule has 0 heterocycles. The molecule has 0 aromatic heterocycles. The fourth-order valence-corrected chi connectivity index (χ4v) is 4.32. The van der Waals surface area contributed by atoms with Crippen molar-refractivity contribution in [3.63, 3.8) is 0 Å². The van der Waals surface area contributed by atoms with Crippen LogP contribution in [0.5, 0.6) is 11.5 Å². The molecule has 0 aliphatic carbocycles. The summed E-state index contributed by atoms with van der Waals surface area (Å²) < 4.78 is 0. The van der Waals surface area contributed by atoms with Gasteiger partial charge in [-0.15, -0.1) is 0 Å². The summed E-state index contributed by atoms with van der Waals surface area (Å²) in [6, 6.07) is 8.13. The molecule has 270 valence electrons. The molecule has 0 N–H and O–H groups in total. The first kappa shape index (κ1) is 49.3. The van der Waals surface area contributed by atoms with Crippen LogP contribution in [0.2, 0.25) is 0 Å². The van der Waals surface area contributed by atoms with Gasteiger partial charge in [0.15, 0.2) is 0 Å². The number of benzene rings is 2. The van der Waals surface area contributed by atoms with Crippen LogP contribution in [0.15, 0.2) is 34.3 Å². The predicted octanol–water partition coefficient (Wildman–Crippen LogP) is 6.43. The van der Waals surface area contributed by atoms with E-state index in [0.717, 1.165) is 24.2 Å². The monoisotopic (exact) mass is 736 g/mol. The molecule has 47 heavy (non-hydrogen) atoms. The van der Waals surface area contributed by atoms with Crippen molar-refractivity contribution >= 4 is 12.4 Å². The Kier molecular flexibility index (Phi) is 20.8. The standard InChI is InChI=1S/2C19H32N2O.Mo.2O/c2*1-18(2,3)15-11-14(13-20-9-10-21(7)8)17(22)16(12-15)19(4,5)6;;;/h2*11-13,22H,9-10H2,1-8H3;;;/q;;;2*-2/p-2. The Morgan fingerprint density at radius 2 is 0.809 bits per heavy atom. The molecule has 0 aliphatic heterocycles. The summed E-state index contributed by atoms with van der Waals surface area (Å²) in [5.41, 5.74) is 5.22. The van der Waals surface area contributed by atoms with E-state index < -0.39 is 0 Å². The molecule has 0 radical (unpaired) electrons. The normalized spacial score (nSPS) is 12.5. The Bertz CT molecular complexity index is 1180. The molecule has 0 amide bonds. The summed E-state index contributed by atoms with van der Waals surface area (Å²) in [5.74, 6) is 0.211. The zero-order chi connectivity index (χ0) is 34.3. The van der Waals surface area contributed by atoms with Crippen LogP contribution in [-0.4, -0.2) is 76.6 Å². The van der Waals surface area contributed by atoms with E-state index in [1.54, 1.807) is 12.4 Å². The number of likely N-dealkylation sites (N-methyl/N-ethyl adjacent to an activating group) is 2. The van der Waals surface area contributed by atoms with Gasteiger partial charge in [0.25, 0.3) is 0 Å². The van der Waals surface area contributed by atoms with Gasteiger partial charge in [-0.25, -0.2) is 0 Å². The minimum atomic E-state index is -0.162. The van der Waals surface area contributed by atoms with Gasteiger partial charge in [0.1, 0.15) is 0 Å². The molecule has 0 bridgehead atoms. The molecular weight excluding hydrogens is 672 g/mol. The molecule has 0 aliphatic rings. The van der Waals surface area contributed by atoms with Crippen LogP contribution in [0.3, 0.4) is 0 Å². The first-order valence-electron chi connectivity index (χ1n) is 15.9. The van der Waals surface area contributed by atoms with Crippen molar-refractivity contribution in [1.29, 1.82) is 0 Å². The van der Waals surface area contributed by atoms with E-state index in [2.05, 4.69) is 115 Å². The van der Waals surface area contributed by atoms with E-state index in [9.17, 15) is 10.2 Å². The molecule has 9 heteroatoms. The van der Waals surface area contributed by atoms with Gasteiger partial charge in [0.05, 0.1) is 13.1 Å². The largest absolute Gasteiger partial charge is 2.00 e. The quantitative estimate of drug-likeness (QED) is 0.228. The summed E-state index contributed by atoms with van der Waals surface area (Å²) in [6.07, 6.45) is 3.49. The zero-order valence-electron chi connectivity index (χ0n) is 32.1. The third-order valence-corrected chi connectivity index (χ3v) is 7.40. The second-order valence-electron chi connectivity index (χ2n) is 16.6. The van der Waals surface area contributed by atoms with Crippen molar-refractivity contribution in [3.05, 3.63) is 57.6 Å². The Labute approximate surface area is 301 Å². The molecule has 0 spiro atoms. The van der Waals surface area contributed by atoms with Crippen molar-refractivity contribution in [2.45, 2.75) is 105 Å². The summed E-state index contributed by atoms with van der Waals surface area (Å²) >= 11 is 0. The first-order chi connectivity index (χ1) is 19.9. The van der Waals surface area contributed by atoms with Crippen molar-refractivity contribution in [2.75, 3.05) is 54.4 Å². The van der Waals surface area contributed by atoms with Crippen LogP contribution in [0.4, 0.5) is 0 Å². The van der Waals surface area contributed by atoms with Gasteiger partial charge >= 0.3 is 0 Å². The smallest absolute Gasteiger partial charge is 0.0516 e. The van der Waals surface area contributed by atoms with Crippen LogP contribution < -0.4 is 10.2 Å². The number of hydrogen-bond donors (Lipinski definition) is 0. The minimum absolute atomic E-state index is 0. The fraction of sp³-hybridized carbons (Fsp3) is 0.632. The number of aliphatic imine (C=N–C) groups is 2. The second kappa shape index (κ2) is 19.8. The second-order valence-corrected chi connectivity index (χ2v) is 16.6. The van der Waals surface area contributed by atoms with Crippen molar-refractivity contribution < 1.29 is 42.2 Å². The maximum absolute atomic E-state index is 12.7. The number of rotatable bonds is 8. The van der Waals surface area contributed by atoms with E-state index in [-0.39, 0.29) is 65.2 Å². The van der Waals surface area contributed by atoms with Gasteiger partial charge in [-0.05, 0) is 83.2 Å². The van der Waals surface area contributed by atoms with Gasteiger partial charge < -0.3 is 31.0 Å². The van der Waals surface area contributed by atoms with Crippen LogP contribution in [0, 0.1) is 0 Å². The Morgan fingerprint density at radius 3 is 1.02 bits per heavy atom. The van der Waals surface area contributed by atoms with Crippen molar-refractivity contribution in [3.8, 4) is 11.5 Å². The molecule has 8 nitrogen and oxygen atoms in total. The van der Waals surface area contributed by atoms with Crippen LogP contribution >= 0.6 is 0 Å². The summed E-state index contributed by atoms with van der Waals surface area (Å²) in [6.45, 7) is 28.7. The van der Waals surface area contributed by atoms with E-state index in [1.807, 2.05) is 40.3 Å². The van der Waals surface area contributed by atoms with Gasteiger partial charge in [-0.2, -0.15) is 0 Å². The minimum Gasteiger partial charge on any atom is -2.00 e. The molecule has 0 unspecified atom stereocenters. The third kappa shape index (κ3) is 16.7. The predicted molar refractivity (Wildman–Crippen MR) is 190 cm³/mol. The first-order valence-corrected chi connectivity index (χ1v) is 15.9. The molecule has 0 saturated carbocycles. The third-order valence-electron chi connectivity index (χ3n) is 7.40. The molecule has 0 fully saturated rings. The van der Waals surface area contributed by atoms with E-state index in [1.165, 1.54) is 11.1 Å². The fourth-order valence-electron chi connectivity index (χ4n) is 4.32. The topological polar surface area (TPSA) is 134 Å². The molecule has 2 rings (SSSR count). The molecule has 2 aromatic carbocycles. The zero-order valence-corrected chi connectivity index (χ0v) is 34.1. The molecular formula is C38H62MoN4O4-6. The number of nitrogens with zero attached hydrogens (tertiary/aromatic N) is 4.